The van der Waals surface area contributed by atoms with Crippen LogP contribution in [0, 0.1) is 34.9 Å². The van der Waals surface area contributed by atoms with Gasteiger partial charge in [0, 0.05) is 55.1 Å². The van der Waals surface area contributed by atoms with E-state index in [9.17, 15) is 8.78 Å². The van der Waals surface area contributed by atoms with E-state index in [1.54, 1.807) is 17.0 Å². The van der Waals surface area contributed by atoms with E-state index >= 15 is 17.6 Å². The molecule has 4 aliphatic heterocycles. The van der Waals surface area contributed by atoms with Gasteiger partial charge in [-0.2, -0.15) is 0 Å². The number of benzene rings is 4. The van der Waals surface area contributed by atoms with E-state index in [2.05, 4.69) is 30.6 Å². The Morgan fingerprint density at radius 1 is 0.534 bits per heavy atom. The first-order chi connectivity index (χ1) is 27.7. The summed E-state index contributed by atoms with van der Waals surface area (Å²) in [6.45, 7) is 2.23. The highest BCUT2D eigenvalue weighted by molar-refractivity contribution is 5.85. The van der Waals surface area contributed by atoms with Crippen LogP contribution >= 0.6 is 12.4 Å². The number of anilines is 3. The Balaban J connectivity index is 0.00000436. The third-order valence-electron chi connectivity index (χ3n) is 12.3. The van der Waals surface area contributed by atoms with E-state index in [0.29, 0.717) is 46.0 Å². The van der Waals surface area contributed by atoms with Gasteiger partial charge in [-0.3, -0.25) is 0 Å². The Morgan fingerprint density at radius 3 is 1.41 bits per heavy atom. The molecule has 0 spiro atoms. The number of H-pyrrole nitrogens is 2. The lowest BCUT2D eigenvalue weighted by molar-refractivity contribution is 0.535. The molecule has 2 aromatic heterocycles. The van der Waals surface area contributed by atoms with Gasteiger partial charge in [0.25, 0.3) is 0 Å². The van der Waals surface area contributed by atoms with Crippen LogP contribution in [0.1, 0.15) is 85.5 Å². The van der Waals surface area contributed by atoms with Gasteiger partial charge in [-0.05, 0) is 88.0 Å². The van der Waals surface area contributed by atoms with Crippen molar-refractivity contribution in [2.45, 2.75) is 62.7 Å². The number of aromatic amines is 2. The molecule has 16 heteroatoms. The highest BCUT2D eigenvalue weighted by Crippen LogP contribution is 2.50. The largest absolute Gasteiger partial charge is 0.363 e. The molecule has 9 nitrogen and oxygen atoms in total. The molecule has 4 saturated heterocycles. The standard InChI is InChI=1S/C42H41F6N9.ClH/c43-25-4-1-5-26(44)39(25)55-12-14-56(15-13-55)40-29(47)16-22(17-30(40)48)57-37(23-18-33-35(20-27(23)45)53-41(51-33)31-6-2-10-49-31)8-9-38(57)24-19-34-36(21-28(24)46)54-42(52-34)32-7-3-11-50-32;/h1,4-5,16-21,31-32,37-38,49-50H,2-3,6-15H2,(H,51,53)(H,52,54);1H/t31-,32-,37+,38+;/m0./s1. The molecule has 10 rings (SSSR count). The van der Waals surface area contributed by atoms with Crippen LogP contribution < -0.4 is 25.3 Å². The number of aromatic nitrogens is 4. The molecule has 4 fully saturated rings. The fraction of sp³-hybridized carbons (Fsp3) is 0.381. The van der Waals surface area contributed by atoms with Crippen molar-refractivity contribution in [1.82, 2.24) is 30.6 Å². The Labute approximate surface area is 336 Å². The SMILES string of the molecule is Cl.Fc1cc2nc([C@@H]3CCCN3)[nH]c2cc1[C@H]1CC[C@H](c2cc3[nH]c([C@@H]4CCCN4)nc3cc2F)N1c1cc(F)c(N2CCN(c3c(F)cccc3F)CC2)c(F)c1. The van der Waals surface area contributed by atoms with Crippen molar-refractivity contribution in [3.63, 3.8) is 0 Å². The van der Waals surface area contributed by atoms with Gasteiger partial charge in [0.1, 0.15) is 46.3 Å². The maximum atomic E-state index is 16.4. The second kappa shape index (κ2) is 15.3. The number of halogens is 7. The summed E-state index contributed by atoms with van der Waals surface area (Å²) in [6.07, 6.45) is 4.57. The molecule has 58 heavy (non-hydrogen) atoms. The number of nitrogens with zero attached hydrogens (tertiary/aromatic N) is 5. The molecule has 6 heterocycles. The first-order valence-corrected chi connectivity index (χ1v) is 19.8. The zero-order valence-corrected chi connectivity index (χ0v) is 32.2. The van der Waals surface area contributed by atoms with Crippen LogP contribution in [0.3, 0.4) is 0 Å². The minimum absolute atomic E-state index is 0. The topological polar surface area (TPSA) is 91.1 Å². The average Bonchev–Trinajstić information content (AvgIpc) is 4.04. The lowest BCUT2D eigenvalue weighted by Gasteiger charge is -2.38. The molecule has 0 unspecified atom stereocenters. The molecule has 304 valence electrons. The second-order valence-corrected chi connectivity index (χ2v) is 15.6. The summed E-state index contributed by atoms with van der Waals surface area (Å²) in [5.74, 6) is -2.70. The van der Waals surface area contributed by atoms with Gasteiger partial charge in [-0.25, -0.2) is 36.3 Å². The van der Waals surface area contributed by atoms with Crippen LogP contribution in [-0.4, -0.2) is 59.2 Å². The number of para-hydroxylation sites is 1. The van der Waals surface area contributed by atoms with E-state index in [0.717, 1.165) is 50.4 Å². The van der Waals surface area contributed by atoms with Crippen molar-refractivity contribution in [2.75, 3.05) is 54.0 Å². The van der Waals surface area contributed by atoms with Crippen molar-refractivity contribution < 1.29 is 26.3 Å². The summed E-state index contributed by atoms with van der Waals surface area (Å²) >= 11 is 0. The van der Waals surface area contributed by atoms with Crippen LogP contribution in [0.4, 0.5) is 43.4 Å². The van der Waals surface area contributed by atoms with Crippen LogP contribution in [0.15, 0.2) is 54.6 Å². The summed E-state index contributed by atoms with van der Waals surface area (Å²) in [7, 11) is 0. The molecule has 4 aromatic carbocycles. The molecule has 0 amide bonds. The predicted octanol–water partition coefficient (Wildman–Crippen LogP) is 8.95. The average molecular weight is 822 g/mol. The summed E-state index contributed by atoms with van der Waals surface area (Å²) in [5, 5.41) is 6.82. The molecule has 0 radical (unpaired) electrons. The van der Waals surface area contributed by atoms with Crippen LogP contribution in [0.2, 0.25) is 0 Å². The molecule has 6 aromatic rings. The second-order valence-electron chi connectivity index (χ2n) is 15.6. The maximum absolute atomic E-state index is 16.4. The molecule has 0 saturated carbocycles. The Bertz CT molecular complexity index is 2340. The van der Waals surface area contributed by atoms with Crippen molar-refractivity contribution >= 4 is 51.5 Å². The summed E-state index contributed by atoms with van der Waals surface area (Å²) in [4.78, 5) is 20.8. The van der Waals surface area contributed by atoms with Gasteiger partial charge < -0.3 is 35.3 Å². The van der Waals surface area contributed by atoms with E-state index in [1.165, 1.54) is 52.3 Å². The fourth-order valence-corrected chi connectivity index (χ4v) is 9.54. The van der Waals surface area contributed by atoms with Gasteiger partial charge in [0.15, 0.2) is 11.6 Å². The first-order valence-electron chi connectivity index (χ1n) is 19.8. The number of fused-ring (bicyclic) bond motifs is 2. The Morgan fingerprint density at radius 2 is 0.983 bits per heavy atom. The zero-order valence-electron chi connectivity index (χ0n) is 31.4. The van der Waals surface area contributed by atoms with Gasteiger partial charge in [0.2, 0.25) is 0 Å². The van der Waals surface area contributed by atoms with E-state index in [4.69, 9.17) is 0 Å². The minimum Gasteiger partial charge on any atom is -0.363 e. The highest BCUT2D eigenvalue weighted by atomic mass is 35.5. The summed E-state index contributed by atoms with van der Waals surface area (Å²) in [6, 6.07) is 10.9. The van der Waals surface area contributed by atoms with Crippen molar-refractivity contribution in [3.8, 4) is 0 Å². The normalized spacial score (nSPS) is 22.5. The lowest BCUT2D eigenvalue weighted by Crippen LogP contribution is -2.47. The minimum atomic E-state index is -0.851. The number of rotatable bonds is 7. The smallest absolute Gasteiger partial charge is 0.151 e. The predicted molar refractivity (Wildman–Crippen MR) is 214 cm³/mol. The lowest BCUT2D eigenvalue weighted by atomic mass is 10.0. The highest BCUT2D eigenvalue weighted by Gasteiger charge is 2.40. The number of nitrogens with one attached hydrogen (secondary N) is 4. The van der Waals surface area contributed by atoms with E-state index in [-0.39, 0.29) is 67.7 Å². The first kappa shape index (κ1) is 38.5. The fourth-order valence-electron chi connectivity index (χ4n) is 9.54. The molecule has 0 aliphatic carbocycles. The van der Waals surface area contributed by atoms with Gasteiger partial charge >= 0.3 is 0 Å². The van der Waals surface area contributed by atoms with E-state index < -0.39 is 47.0 Å². The van der Waals surface area contributed by atoms with Crippen molar-refractivity contribution in [1.29, 1.82) is 0 Å². The molecule has 4 N–H and O–H groups in total. The van der Waals surface area contributed by atoms with E-state index in [1.807, 2.05) is 0 Å². The maximum Gasteiger partial charge on any atom is 0.151 e. The summed E-state index contributed by atoms with van der Waals surface area (Å²) in [5.41, 5.74) is 2.53. The molecule has 4 aliphatic rings. The van der Waals surface area contributed by atoms with Gasteiger partial charge in [-0.15, -0.1) is 12.4 Å². The molecular weight excluding hydrogens is 780 g/mol. The number of imidazole rings is 2. The number of piperazine rings is 1. The zero-order chi connectivity index (χ0) is 38.9. The third-order valence-corrected chi connectivity index (χ3v) is 12.3. The number of hydrogen-bond donors (Lipinski definition) is 4. The van der Waals surface area contributed by atoms with Crippen LogP contribution in [-0.2, 0) is 0 Å². The summed E-state index contributed by atoms with van der Waals surface area (Å²) < 4.78 is 94.5. The molecule has 4 atom stereocenters. The third kappa shape index (κ3) is 6.70. The van der Waals surface area contributed by atoms with Crippen LogP contribution in [0.5, 0.6) is 0 Å². The number of hydrogen-bond acceptors (Lipinski definition) is 7. The van der Waals surface area contributed by atoms with Crippen LogP contribution in [0.25, 0.3) is 22.1 Å². The van der Waals surface area contributed by atoms with Gasteiger partial charge in [0.05, 0.1) is 46.2 Å². The monoisotopic (exact) mass is 821 g/mol. The van der Waals surface area contributed by atoms with Crippen molar-refractivity contribution in [2.24, 2.45) is 0 Å². The molecule has 0 bridgehead atoms. The molecular formula is C42H42ClF6N9. The Hall–Kier alpha value is -4.99. The quantitative estimate of drug-likeness (QED) is 0.120. The van der Waals surface area contributed by atoms with Crippen molar-refractivity contribution in [3.05, 3.63) is 112 Å². The van der Waals surface area contributed by atoms with Gasteiger partial charge in [-0.1, -0.05) is 6.07 Å². The Kier molecular flexibility index (Phi) is 10.2.